The highest BCUT2D eigenvalue weighted by atomic mass is 32.1. The summed E-state index contributed by atoms with van der Waals surface area (Å²) < 4.78 is 0. The fraction of sp³-hybridized carbons (Fsp3) is 0.355. The molecule has 240 valence electrons. The number of nitrogens with two attached hydrogens (primary N) is 1. The van der Waals surface area contributed by atoms with Crippen molar-refractivity contribution >= 4 is 51.1 Å². The molecule has 0 bridgehead atoms. The van der Waals surface area contributed by atoms with E-state index < -0.39 is 81.7 Å². The number of nitrogens with one attached hydrogen (secondary N) is 1. The van der Waals surface area contributed by atoms with Gasteiger partial charge in [0.25, 0.3) is 5.69 Å². The summed E-state index contributed by atoms with van der Waals surface area (Å²) >= 11 is 1.17. The van der Waals surface area contributed by atoms with Gasteiger partial charge in [0.2, 0.25) is 5.91 Å². The average molecular weight is 650 g/mol. The maximum atomic E-state index is 14.1. The lowest BCUT2D eigenvalue weighted by Gasteiger charge is -2.53. The number of aliphatic hydroxyl groups is 3. The molecule has 14 nitrogen and oxygen atoms in total. The van der Waals surface area contributed by atoms with E-state index in [0.717, 1.165) is 0 Å². The molecule has 3 aliphatic carbocycles. The van der Waals surface area contributed by atoms with Crippen LogP contribution in [-0.4, -0.2) is 85.1 Å². The maximum absolute atomic E-state index is 14.1. The Morgan fingerprint density at radius 3 is 2.50 bits per heavy atom. The number of hydrogen-bond donors (Lipinski definition) is 6. The van der Waals surface area contributed by atoms with Crippen LogP contribution in [0.15, 0.2) is 47.4 Å². The highest BCUT2D eigenvalue weighted by Crippen LogP contribution is 2.55. The van der Waals surface area contributed by atoms with Crippen molar-refractivity contribution in [3.05, 3.63) is 68.6 Å². The number of aromatic hydroxyl groups is 1. The minimum Gasteiger partial charge on any atom is -0.507 e. The van der Waals surface area contributed by atoms with E-state index in [9.17, 15) is 44.9 Å². The van der Waals surface area contributed by atoms with E-state index in [1.807, 2.05) is 0 Å². The Hall–Kier alpha value is -4.70. The number of thiazole rings is 1. The van der Waals surface area contributed by atoms with Crippen LogP contribution >= 0.6 is 11.3 Å². The number of amides is 1. The molecule has 0 saturated heterocycles. The predicted octanol–water partition coefficient (Wildman–Crippen LogP) is 2.32. The summed E-state index contributed by atoms with van der Waals surface area (Å²) in [4.78, 5) is 56.5. The fourth-order valence-corrected chi connectivity index (χ4v) is 8.15. The van der Waals surface area contributed by atoms with E-state index in [2.05, 4.69) is 10.3 Å². The Morgan fingerprint density at radius 2 is 1.85 bits per heavy atom. The number of aromatic nitrogens is 1. The number of phenolic OH excluding ortho intramolecular Hbond substituents is 1. The minimum atomic E-state index is -1.69. The van der Waals surface area contributed by atoms with Gasteiger partial charge in [0, 0.05) is 46.5 Å². The lowest BCUT2D eigenvalue weighted by atomic mass is 9.54. The molecule has 46 heavy (non-hydrogen) atoms. The first-order valence-corrected chi connectivity index (χ1v) is 15.3. The summed E-state index contributed by atoms with van der Waals surface area (Å²) in [6, 6.07) is 8.21. The summed E-state index contributed by atoms with van der Waals surface area (Å²) in [5.41, 5.74) is 6.62. The predicted molar refractivity (Wildman–Crippen MR) is 166 cm³/mol. The van der Waals surface area contributed by atoms with Crippen molar-refractivity contribution in [2.24, 2.45) is 29.4 Å². The molecule has 7 N–H and O–H groups in total. The van der Waals surface area contributed by atoms with Crippen LogP contribution in [0.5, 0.6) is 5.75 Å². The van der Waals surface area contributed by atoms with Gasteiger partial charge in [-0.05, 0) is 31.6 Å². The number of non-ortho nitro benzene ring substituents is 1. The van der Waals surface area contributed by atoms with Crippen molar-refractivity contribution in [2.75, 3.05) is 19.4 Å². The normalized spacial score (nSPS) is 28.8. The number of hydrogen-bond acceptors (Lipinski definition) is 13. The number of likely N-dealkylation sites (N-methyl/N-ethyl adjacent to an activating group) is 1. The number of ketones is 2. The van der Waals surface area contributed by atoms with Gasteiger partial charge in [-0.25, -0.2) is 4.98 Å². The molecule has 1 heterocycles. The van der Waals surface area contributed by atoms with Crippen LogP contribution in [0, 0.1) is 33.8 Å². The average Bonchev–Trinajstić information content (AvgIpc) is 3.46. The van der Waals surface area contributed by atoms with Gasteiger partial charge in [-0.3, -0.25) is 24.5 Å². The maximum Gasteiger partial charge on any atom is 0.270 e. The zero-order valence-corrected chi connectivity index (χ0v) is 25.6. The van der Waals surface area contributed by atoms with Crippen LogP contribution in [0.1, 0.15) is 24.0 Å². The first kappa shape index (κ1) is 31.3. The number of aliphatic hydroxyl groups excluding tert-OH is 3. The molecule has 3 aliphatic rings. The summed E-state index contributed by atoms with van der Waals surface area (Å²) in [6.45, 7) is 1.73. The minimum absolute atomic E-state index is 0.0582. The molecule has 6 rings (SSSR count). The van der Waals surface area contributed by atoms with E-state index in [1.54, 1.807) is 55.6 Å². The number of primary amides is 1. The number of phenols is 1. The van der Waals surface area contributed by atoms with Gasteiger partial charge in [0.15, 0.2) is 16.7 Å². The number of nitro benzene ring substituents is 1. The van der Waals surface area contributed by atoms with Crippen molar-refractivity contribution in [2.45, 2.75) is 31.1 Å². The van der Waals surface area contributed by atoms with Crippen molar-refractivity contribution in [1.29, 1.82) is 0 Å². The second-order valence-corrected chi connectivity index (χ2v) is 13.0. The Balaban J connectivity index is 1.39. The number of benzene rings is 2. The van der Waals surface area contributed by atoms with Crippen LogP contribution in [0.25, 0.3) is 17.0 Å². The van der Waals surface area contributed by atoms with Gasteiger partial charge in [0.05, 0.1) is 40.0 Å². The van der Waals surface area contributed by atoms with E-state index in [0.29, 0.717) is 22.0 Å². The number of anilines is 2. The van der Waals surface area contributed by atoms with E-state index >= 15 is 0 Å². The molecule has 1 amide bonds. The smallest absolute Gasteiger partial charge is 0.270 e. The zero-order chi connectivity index (χ0) is 33.4. The van der Waals surface area contributed by atoms with Crippen LogP contribution in [-0.2, 0) is 14.4 Å². The Bertz CT molecular complexity index is 1840. The van der Waals surface area contributed by atoms with Crippen LogP contribution < -0.4 is 11.1 Å². The summed E-state index contributed by atoms with van der Waals surface area (Å²) in [5, 5.41) is 61.9. The molecule has 8 atom stereocenters. The van der Waals surface area contributed by atoms with Gasteiger partial charge in [-0.1, -0.05) is 25.1 Å². The molecular formula is C31H31N5O9S. The van der Waals surface area contributed by atoms with Gasteiger partial charge < -0.3 is 36.4 Å². The number of Topliss-reactive ketones (excluding diaryl/α,β-unsaturated/α-hetero) is 2. The third-order valence-electron chi connectivity index (χ3n) is 9.46. The Kier molecular flexibility index (Phi) is 7.67. The number of fused-ring (bicyclic) bond motifs is 3. The zero-order valence-electron chi connectivity index (χ0n) is 24.8. The molecule has 5 unspecified atom stereocenters. The van der Waals surface area contributed by atoms with Crippen LogP contribution in [0.3, 0.4) is 0 Å². The summed E-state index contributed by atoms with van der Waals surface area (Å²) in [5.74, 6) is -9.78. The SMILES string of the molecule is C[C@H]1c2ccc(Nc3nc(-c4cccc([N+](=O)[O-])c4)cs3)c(O)c2C(O)=C2C(=O)C3C(=O)C(C(N)=O)C(O)[C@@H](N(C)C)C3[C@@H](O)C21. The molecule has 0 aliphatic heterocycles. The molecule has 3 aromatic rings. The molecule has 0 radical (unpaired) electrons. The van der Waals surface area contributed by atoms with Gasteiger partial charge >= 0.3 is 0 Å². The molecule has 2 saturated carbocycles. The molecule has 2 aromatic carbocycles. The van der Waals surface area contributed by atoms with Crippen molar-refractivity contribution in [3.8, 4) is 17.0 Å². The number of carbonyl (C=O) groups excluding carboxylic acids is 3. The topological polar surface area (TPSA) is 229 Å². The highest BCUT2D eigenvalue weighted by Gasteiger charge is 2.63. The monoisotopic (exact) mass is 649 g/mol. The van der Waals surface area contributed by atoms with Crippen LogP contribution in [0.4, 0.5) is 16.5 Å². The first-order valence-electron chi connectivity index (χ1n) is 14.4. The summed E-state index contributed by atoms with van der Waals surface area (Å²) in [6.07, 6.45) is -2.94. The third kappa shape index (κ3) is 4.65. The Morgan fingerprint density at radius 1 is 1.13 bits per heavy atom. The Labute approximate surface area is 266 Å². The summed E-state index contributed by atoms with van der Waals surface area (Å²) in [7, 11) is 3.19. The fourth-order valence-electron chi connectivity index (χ4n) is 7.42. The van der Waals surface area contributed by atoms with Crippen LogP contribution in [0.2, 0.25) is 0 Å². The van der Waals surface area contributed by atoms with Crippen molar-refractivity contribution in [1.82, 2.24) is 9.88 Å². The molecular weight excluding hydrogens is 618 g/mol. The second kappa shape index (κ2) is 11.3. The van der Waals surface area contributed by atoms with Gasteiger partial charge in [-0.2, -0.15) is 0 Å². The third-order valence-corrected chi connectivity index (χ3v) is 10.2. The lowest BCUT2D eigenvalue weighted by Crippen LogP contribution is -2.68. The number of carbonyl (C=O) groups is 3. The quantitative estimate of drug-likeness (QED) is 0.0978. The van der Waals surface area contributed by atoms with E-state index in [-0.39, 0.29) is 22.5 Å². The second-order valence-electron chi connectivity index (χ2n) is 12.1. The highest BCUT2D eigenvalue weighted by molar-refractivity contribution is 7.14. The van der Waals surface area contributed by atoms with Crippen molar-refractivity contribution < 1.29 is 39.7 Å². The number of nitro groups is 1. The largest absolute Gasteiger partial charge is 0.507 e. The molecule has 0 spiro atoms. The number of nitrogens with zero attached hydrogens (tertiary/aromatic N) is 3. The number of rotatable bonds is 6. The molecule has 15 heteroatoms. The van der Waals surface area contributed by atoms with Gasteiger partial charge in [-0.15, -0.1) is 11.3 Å². The standard InChI is InChI=1S/C31H31N5O9S/c1-11-14-7-8-15(33-31-34-16(10-46-31)12-5-4-6-13(9-12)36(44)45)24(37)18(14)26(39)20-17(11)25(38)19-21(27(20)40)28(41)22(30(32)43)29(42)23(19)35(2)3/h4-11,17,19,21-23,25,29,37-39,42H,1-3H3,(H2,32,43)(H,33,34)/t11-,17?,19?,21?,22?,23-,25-,29?/m0/s1. The molecule has 1 aromatic heterocycles. The lowest BCUT2D eigenvalue weighted by molar-refractivity contribution is -0.384. The molecule has 2 fully saturated rings. The van der Waals surface area contributed by atoms with Gasteiger partial charge in [0.1, 0.15) is 17.4 Å². The first-order chi connectivity index (χ1) is 21.7. The van der Waals surface area contributed by atoms with E-state index in [4.69, 9.17) is 5.73 Å². The van der Waals surface area contributed by atoms with Crippen molar-refractivity contribution in [3.63, 3.8) is 0 Å². The van der Waals surface area contributed by atoms with E-state index in [1.165, 1.54) is 23.5 Å².